The molecule has 0 saturated carbocycles. The topological polar surface area (TPSA) is 83.0 Å². The minimum absolute atomic E-state index is 0.0221. The molecule has 24 heavy (non-hydrogen) atoms. The van der Waals surface area contributed by atoms with Gasteiger partial charge in [-0.3, -0.25) is 10.1 Å². The molecular formula is C15H24Cl2N6O. The first kappa shape index (κ1) is 19.1. The van der Waals surface area contributed by atoms with E-state index in [-0.39, 0.29) is 28.0 Å². The average molecular weight is 375 g/mol. The Hall–Kier alpha value is -1.18. The number of halogens is 2. The van der Waals surface area contributed by atoms with Gasteiger partial charge in [0.15, 0.2) is 0 Å². The Balaban J connectivity index is 2.16. The second kappa shape index (κ2) is 6.28. The number of piperazine rings is 1. The molecule has 2 heterocycles. The van der Waals surface area contributed by atoms with E-state index in [2.05, 4.69) is 39.4 Å². The molecule has 1 aromatic heterocycles. The van der Waals surface area contributed by atoms with Gasteiger partial charge >= 0.3 is 0 Å². The maximum atomic E-state index is 12.7. The molecule has 1 amide bonds. The molecule has 0 aliphatic carbocycles. The van der Waals surface area contributed by atoms with Crippen LogP contribution in [0.5, 0.6) is 0 Å². The number of amides is 1. The van der Waals surface area contributed by atoms with Gasteiger partial charge in [0.25, 0.3) is 0 Å². The van der Waals surface area contributed by atoms with Crippen molar-refractivity contribution < 1.29 is 4.79 Å². The third-order valence-corrected chi connectivity index (χ3v) is 4.01. The number of anilines is 1. The summed E-state index contributed by atoms with van der Waals surface area (Å²) in [6, 6.07) is 0. The van der Waals surface area contributed by atoms with Gasteiger partial charge in [-0.15, -0.1) is 0 Å². The second-order valence-corrected chi connectivity index (χ2v) is 8.68. The summed E-state index contributed by atoms with van der Waals surface area (Å²) in [5, 5.41) is 6.60. The van der Waals surface area contributed by atoms with Crippen LogP contribution in [0.15, 0.2) is 0 Å². The second-order valence-electron chi connectivity index (χ2n) is 8.00. The lowest BCUT2D eigenvalue weighted by Crippen LogP contribution is -2.71. The van der Waals surface area contributed by atoms with E-state index in [0.717, 1.165) is 0 Å². The summed E-state index contributed by atoms with van der Waals surface area (Å²) < 4.78 is 0. The van der Waals surface area contributed by atoms with E-state index in [9.17, 15) is 4.79 Å². The fourth-order valence-electron chi connectivity index (χ4n) is 3.21. The SMILES string of the molecule is CC(C)(CN1CC(C)(C)NC(C)(C)C1=O)Nc1nc(Cl)nc(Cl)n1. The van der Waals surface area contributed by atoms with E-state index in [4.69, 9.17) is 23.2 Å². The maximum Gasteiger partial charge on any atom is 0.242 e. The van der Waals surface area contributed by atoms with Crippen molar-refractivity contribution in [3.8, 4) is 0 Å². The van der Waals surface area contributed by atoms with Crippen LogP contribution >= 0.6 is 23.2 Å². The van der Waals surface area contributed by atoms with Crippen LogP contribution in [0.3, 0.4) is 0 Å². The molecule has 0 atom stereocenters. The van der Waals surface area contributed by atoms with Gasteiger partial charge in [0.05, 0.1) is 11.1 Å². The summed E-state index contributed by atoms with van der Waals surface area (Å²) in [5.74, 6) is 0.342. The highest BCUT2D eigenvalue weighted by molar-refractivity contribution is 6.31. The molecule has 2 rings (SSSR count). The van der Waals surface area contributed by atoms with Gasteiger partial charge in [-0.25, -0.2) is 0 Å². The Bertz CT molecular complexity index is 627. The molecule has 0 spiro atoms. The van der Waals surface area contributed by atoms with E-state index in [1.165, 1.54) is 0 Å². The van der Waals surface area contributed by atoms with Crippen molar-refractivity contribution in [1.29, 1.82) is 0 Å². The number of nitrogens with zero attached hydrogens (tertiary/aromatic N) is 4. The first-order chi connectivity index (χ1) is 10.8. The van der Waals surface area contributed by atoms with E-state index < -0.39 is 11.1 Å². The zero-order valence-electron chi connectivity index (χ0n) is 14.9. The van der Waals surface area contributed by atoms with E-state index in [0.29, 0.717) is 13.1 Å². The minimum atomic E-state index is -0.613. The number of rotatable bonds is 4. The maximum absolute atomic E-state index is 12.7. The smallest absolute Gasteiger partial charge is 0.242 e. The molecule has 134 valence electrons. The van der Waals surface area contributed by atoms with Crippen LogP contribution in [0, 0.1) is 0 Å². The highest BCUT2D eigenvalue weighted by Gasteiger charge is 2.44. The Morgan fingerprint density at radius 2 is 1.71 bits per heavy atom. The van der Waals surface area contributed by atoms with Gasteiger partial charge in [-0.1, -0.05) is 0 Å². The lowest BCUT2D eigenvalue weighted by molar-refractivity contribution is -0.144. The van der Waals surface area contributed by atoms with Gasteiger partial charge < -0.3 is 10.2 Å². The molecule has 9 heteroatoms. The van der Waals surface area contributed by atoms with Gasteiger partial charge in [0.2, 0.25) is 22.4 Å². The Morgan fingerprint density at radius 3 is 2.25 bits per heavy atom. The lowest BCUT2D eigenvalue weighted by Gasteiger charge is -2.49. The number of hydrogen-bond acceptors (Lipinski definition) is 6. The van der Waals surface area contributed by atoms with E-state index in [1.807, 2.05) is 32.6 Å². The van der Waals surface area contributed by atoms with Crippen LogP contribution in [0.1, 0.15) is 41.5 Å². The zero-order valence-corrected chi connectivity index (χ0v) is 16.4. The number of nitrogens with one attached hydrogen (secondary N) is 2. The Labute approximate surface area is 152 Å². The van der Waals surface area contributed by atoms with Crippen molar-refractivity contribution in [1.82, 2.24) is 25.2 Å². The number of carbonyl (C=O) groups is 1. The number of hydrogen-bond donors (Lipinski definition) is 2. The van der Waals surface area contributed by atoms with Crippen LogP contribution in [0.2, 0.25) is 10.6 Å². The Kier molecular flexibility index (Phi) is 5.01. The average Bonchev–Trinajstić information content (AvgIpc) is 2.31. The third-order valence-electron chi connectivity index (χ3n) is 3.68. The van der Waals surface area contributed by atoms with Crippen LogP contribution < -0.4 is 10.6 Å². The minimum Gasteiger partial charge on any atom is -0.347 e. The number of carbonyl (C=O) groups excluding carboxylic acids is 1. The zero-order chi connectivity index (χ0) is 18.3. The summed E-state index contributed by atoms with van der Waals surface area (Å²) in [6.07, 6.45) is 0. The molecule has 0 radical (unpaired) electrons. The summed E-state index contributed by atoms with van der Waals surface area (Å²) >= 11 is 11.6. The molecule has 0 bridgehead atoms. The van der Waals surface area contributed by atoms with Crippen molar-refractivity contribution in [2.24, 2.45) is 0 Å². The van der Waals surface area contributed by atoms with Gasteiger partial charge in [0, 0.05) is 18.6 Å². The van der Waals surface area contributed by atoms with Gasteiger partial charge in [0.1, 0.15) is 0 Å². The van der Waals surface area contributed by atoms with Crippen molar-refractivity contribution in [3.63, 3.8) is 0 Å². The first-order valence-electron chi connectivity index (χ1n) is 7.74. The molecule has 1 fully saturated rings. The van der Waals surface area contributed by atoms with Gasteiger partial charge in [-0.2, -0.15) is 15.0 Å². The lowest BCUT2D eigenvalue weighted by atomic mass is 9.89. The molecule has 2 N–H and O–H groups in total. The summed E-state index contributed by atoms with van der Waals surface area (Å²) in [5.41, 5.74) is -1.27. The highest BCUT2D eigenvalue weighted by Crippen LogP contribution is 2.25. The van der Waals surface area contributed by atoms with Crippen LogP contribution in [-0.2, 0) is 4.79 Å². The van der Waals surface area contributed by atoms with Crippen LogP contribution in [0.4, 0.5) is 5.95 Å². The molecule has 0 aromatic carbocycles. The predicted octanol–water partition coefficient (Wildman–Crippen LogP) is 2.36. The van der Waals surface area contributed by atoms with E-state index in [1.54, 1.807) is 0 Å². The van der Waals surface area contributed by atoms with Crippen molar-refractivity contribution >= 4 is 35.1 Å². The molecule has 1 aliphatic rings. The standard InChI is InChI=1S/C15H24Cl2N6O/c1-13(2,21-12-19-10(16)18-11(17)20-12)7-23-8-14(3,4)22-15(5,6)9(23)24/h22H,7-8H2,1-6H3,(H,18,19,20,21). The van der Waals surface area contributed by atoms with Crippen molar-refractivity contribution in [3.05, 3.63) is 10.6 Å². The summed E-state index contributed by atoms with van der Waals surface area (Å²) in [7, 11) is 0. The molecule has 1 saturated heterocycles. The monoisotopic (exact) mass is 374 g/mol. The summed E-state index contributed by atoms with van der Waals surface area (Å²) in [4.78, 5) is 26.3. The largest absolute Gasteiger partial charge is 0.347 e. The highest BCUT2D eigenvalue weighted by atomic mass is 35.5. The van der Waals surface area contributed by atoms with Crippen LogP contribution in [0.25, 0.3) is 0 Å². The molecule has 1 aromatic rings. The Morgan fingerprint density at radius 1 is 1.17 bits per heavy atom. The van der Waals surface area contributed by atoms with Crippen molar-refractivity contribution in [2.75, 3.05) is 18.4 Å². The normalized spacial score (nSPS) is 20.2. The van der Waals surface area contributed by atoms with Crippen molar-refractivity contribution in [2.45, 2.75) is 58.2 Å². The predicted molar refractivity (Wildman–Crippen MR) is 95.4 cm³/mol. The number of aromatic nitrogens is 3. The first-order valence-corrected chi connectivity index (χ1v) is 8.49. The third kappa shape index (κ3) is 4.68. The van der Waals surface area contributed by atoms with Crippen LogP contribution in [-0.4, -0.2) is 55.5 Å². The molecule has 7 nitrogen and oxygen atoms in total. The molecular weight excluding hydrogens is 351 g/mol. The van der Waals surface area contributed by atoms with Gasteiger partial charge in [-0.05, 0) is 64.7 Å². The molecule has 0 unspecified atom stereocenters. The molecule has 1 aliphatic heterocycles. The quantitative estimate of drug-likeness (QED) is 0.841. The van der Waals surface area contributed by atoms with E-state index >= 15 is 0 Å². The fraction of sp³-hybridized carbons (Fsp3) is 0.733. The fourth-order valence-corrected chi connectivity index (χ4v) is 3.58. The summed E-state index contributed by atoms with van der Waals surface area (Å²) in [6.45, 7) is 13.0.